The number of methoxy groups -OCH3 is 1. The molecule has 2 rings (SSSR count). The van der Waals surface area contributed by atoms with E-state index in [4.69, 9.17) is 21.7 Å². The molecular weight excluding hydrogens is 346 g/mol. The molecule has 7 heteroatoms. The first-order valence-corrected chi connectivity index (χ1v) is 8.82. The maximum Gasteiger partial charge on any atom is 0.307 e. The van der Waals surface area contributed by atoms with Gasteiger partial charge in [-0.3, -0.25) is 14.5 Å². The van der Waals surface area contributed by atoms with E-state index in [9.17, 15) is 9.59 Å². The van der Waals surface area contributed by atoms with Crippen LogP contribution in [0.3, 0.4) is 0 Å². The van der Waals surface area contributed by atoms with E-state index in [1.165, 1.54) is 16.7 Å². The summed E-state index contributed by atoms with van der Waals surface area (Å²) in [6.45, 7) is 2.57. The summed E-state index contributed by atoms with van der Waals surface area (Å²) in [6, 6.07) is 7.40. The van der Waals surface area contributed by atoms with E-state index < -0.39 is 0 Å². The van der Waals surface area contributed by atoms with Crippen molar-refractivity contribution in [1.29, 1.82) is 0 Å². The lowest BCUT2D eigenvalue weighted by Crippen LogP contribution is -2.30. The lowest BCUT2D eigenvalue weighted by Gasteiger charge is -2.13. The first-order chi connectivity index (χ1) is 11.5. The van der Waals surface area contributed by atoms with E-state index >= 15 is 0 Å². The molecule has 0 N–H and O–H groups in total. The summed E-state index contributed by atoms with van der Waals surface area (Å²) in [6.07, 6.45) is 2.70. The van der Waals surface area contributed by atoms with Crippen molar-refractivity contribution >= 4 is 46.3 Å². The van der Waals surface area contributed by atoms with Crippen molar-refractivity contribution in [2.24, 2.45) is 0 Å². The summed E-state index contributed by atoms with van der Waals surface area (Å²) in [5, 5.41) is 0. The van der Waals surface area contributed by atoms with Crippen LogP contribution < -0.4 is 4.74 Å². The second-order valence-electron chi connectivity index (χ2n) is 5.08. The normalized spacial score (nSPS) is 15.9. The van der Waals surface area contributed by atoms with Gasteiger partial charge in [0.05, 0.1) is 25.0 Å². The van der Waals surface area contributed by atoms with Gasteiger partial charge in [-0.05, 0) is 30.2 Å². The first kappa shape index (κ1) is 18.5. The Labute approximate surface area is 151 Å². The van der Waals surface area contributed by atoms with Gasteiger partial charge in [-0.15, -0.1) is 0 Å². The molecule has 0 saturated carbocycles. The van der Waals surface area contributed by atoms with E-state index in [2.05, 4.69) is 0 Å². The van der Waals surface area contributed by atoms with Gasteiger partial charge in [0.15, 0.2) is 0 Å². The van der Waals surface area contributed by atoms with Crippen molar-refractivity contribution in [2.75, 3.05) is 20.3 Å². The summed E-state index contributed by atoms with van der Waals surface area (Å²) in [7, 11) is 1.60. The zero-order valence-corrected chi connectivity index (χ0v) is 15.2. The van der Waals surface area contributed by atoms with Gasteiger partial charge in [-0.25, -0.2) is 0 Å². The zero-order chi connectivity index (χ0) is 17.5. The molecule has 1 amide bonds. The number of nitrogens with zero attached hydrogens (tertiary/aromatic N) is 1. The molecule has 1 saturated heterocycles. The molecule has 0 radical (unpaired) electrons. The van der Waals surface area contributed by atoms with Gasteiger partial charge in [-0.2, -0.15) is 0 Å². The monoisotopic (exact) mass is 365 g/mol. The van der Waals surface area contributed by atoms with Gasteiger partial charge in [0.25, 0.3) is 5.91 Å². The highest BCUT2D eigenvalue weighted by molar-refractivity contribution is 8.26. The molecular formula is C17H19NO4S2. The number of rotatable bonds is 7. The highest BCUT2D eigenvalue weighted by atomic mass is 32.2. The minimum absolute atomic E-state index is 0.141. The van der Waals surface area contributed by atoms with Gasteiger partial charge < -0.3 is 9.47 Å². The fourth-order valence-electron chi connectivity index (χ4n) is 2.04. The summed E-state index contributed by atoms with van der Waals surface area (Å²) in [5.74, 6) is 0.263. The van der Waals surface area contributed by atoms with Crippen LogP contribution in [-0.2, 0) is 14.3 Å². The topological polar surface area (TPSA) is 55.8 Å². The molecule has 0 bridgehead atoms. The molecule has 0 unspecified atom stereocenters. The van der Waals surface area contributed by atoms with Crippen LogP contribution in [0, 0.1) is 0 Å². The highest BCUT2D eigenvalue weighted by Gasteiger charge is 2.32. The Kier molecular flexibility index (Phi) is 6.81. The van der Waals surface area contributed by atoms with E-state index in [0.29, 0.717) is 15.8 Å². The minimum Gasteiger partial charge on any atom is -0.497 e. The van der Waals surface area contributed by atoms with Crippen LogP contribution in [-0.4, -0.2) is 41.4 Å². The van der Waals surface area contributed by atoms with Crippen molar-refractivity contribution < 1.29 is 19.1 Å². The second-order valence-corrected chi connectivity index (χ2v) is 6.75. The van der Waals surface area contributed by atoms with Crippen LogP contribution in [0.4, 0.5) is 0 Å². The number of hydrogen-bond donors (Lipinski definition) is 0. The van der Waals surface area contributed by atoms with Crippen molar-refractivity contribution in [3.05, 3.63) is 34.7 Å². The number of thiocarbonyl (C=S) groups is 1. The Morgan fingerprint density at radius 2 is 2.04 bits per heavy atom. The third kappa shape index (κ3) is 4.82. The van der Waals surface area contributed by atoms with E-state index in [0.717, 1.165) is 17.7 Å². The number of thioether (sulfide) groups is 1. The predicted molar refractivity (Wildman–Crippen MR) is 98.7 cm³/mol. The van der Waals surface area contributed by atoms with Gasteiger partial charge in [0, 0.05) is 6.54 Å². The average Bonchev–Trinajstić information content (AvgIpc) is 2.85. The van der Waals surface area contributed by atoms with Crippen LogP contribution in [0.5, 0.6) is 5.75 Å². The number of hydrogen-bond acceptors (Lipinski definition) is 6. The Morgan fingerprint density at radius 3 is 2.67 bits per heavy atom. The van der Waals surface area contributed by atoms with Gasteiger partial charge in [0.2, 0.25) is 0 Å². The molecule has 0 aromatic heterocycles. The minimum atomic E-state index is -0.315. The Hall–Kier alpha value is -1.86. The summed E-state index contributed by atoms with van der Waals surface area (Å²) in [5.41, 5.74) is 0.888. The molecule has 128 valence electrons. The molecule has 1 aliphatic heterocycles. The third-order valence-electron chi connectivity index (χ3n) is 3.29. The SMILES string of the molecule is CCCOC(=O)CCN1C(=O)/C(=C/c2ccc(OC)cc2)SC1=S. The van der Waals surface area contributed by atoms with E-state index in [1.54, 1.807) is 13.2 Å². The Bertz CT molecular complexity index is 655. The standard InChI is InChI=1S/C17H19NO4S2/c1-3-10-22-15(19)8-9-18-16(20)14(24-17(18)23)11-12-4-6-13(21-2)7-5-12/h4-7,11H,3,8-10H2,1-2H3/b14-11-. The molecule has 5 nitrogen and oxygen atoms in total. The van der Waals surface area contributed by atoms with E-state index in [-0.39, 0.29) is 24.8 Å². The zero-order valence-electron chi connectivity index (χ0n) is 13.6. The molecule has 1 aliphatic rings. The van der Waals surface area contributed by atoms with Crippen LogP contribution in [0.25, 0.3) is 6.08 Å². The fourth-order valence-corrected chi connectivity index (χ4v) is 3.34. The van der Waals surface area contributed by atoms with Crippen molar-refractivity contribution in [2.45, 2.75) is 19.8 Å². The smallest absolute Gasteiger partial charge is 0.307 e. The van der Waals surface area contributed by atoms with Gasteiger partial charge in [0.1, 0.15) is 10.1 Å². The number of esters is 1. The largest absolute Gasteiger partial charge is 0.497 e. The van der Waals surface area contributed by atoms with Gasteiger partial charge in [-0.1, -0.05) is 43.0 Å². The van der Waals surface area contributed by atoms with Crippen LogP contribution in [0.2, 0.25) is 0 Å². The molecule has 1 heterocycles. The summed E-state index contributed by atoms with van der Waals surface area (Å²) >= 11 is 6.49. The van der Waals surface area contributed by atoms with Crippen LogP contribution in [0.15, 0.2) is 29.2 Å². The first-order valence-electron chi connectivity index (χ1n) is 7.60. The second kappa shape index (κ2) is 8.84. The van der Waals surface area contributed by atoms with E-state index in [1.807, 2.05) is 31.2 Å². The molecule has 24 heavy (non-hydrogen) atoms. The highest BCUT2D eigenvalue weighted by Crippen LogP contribution is 2.32. The third-order valence-corrected chi connectivity index (χ3v) is 4.67. The van der Waals surface area contributed by atoms with Crippen LogP contribution in [0.1, 0.15) is 25.3 Å². The number of benzene rings is 1. The number of carbonyl (C=O) groups excluding carboxylic acids is 2. The van der Waals surface area contributed by atoms with Crippen molar-refractivity contribution in [3.63, 3.8) is 0 Å². The lowest BCUT2D eigenvalue weighted by molar-refractivity contribution is -0.143. The van der Waals surface area contributed by atoms with Gasteiger partial charge >= 0.3 is 5.97 Å². The summed E-state index contributed by atoms with van der Waals surface area (Å²) in [4.78, 5) is 26.0. The molecule has 1 aromatic carbocycles. The summed E-state index contributed by atoms with van der Waals surface area (Å²) < 4.78 is 10.6. The quantitative estimate of drug-likeness (QED) is 0.420. The molecule has 0 spiro atoms. The molecule has 1 aromatic rings. The van der Waals surface area contributed by atoms with Crippen molar-refractivity contribution in [3.8, 4) is 5.75 Å². The Morgan fingerprint density at radius 1 is 1.33 bits per heavy atom. The number of amides is 1. The maximum absolute atomic E-state index is 12.4. The molecule has 1 fully saturated rings. The molecule has 0 atom stereocenters. The Balaban J connectivity index is 1.99. The predicted octanol–water partition coefficient (Wildman–Crippen LogP) is 3.24. The van der Waals surface area contributed by atoms with Crippen molar-refractivity contribution in [1.82, 2.24) is 4.90 Å². The average molecular weight is 365 g/mol. The van der Waals surface area contributed by atoms with Crippen LogP contribution >= 0.6 is 24.0 Å². The number of carbonyl (C=O) groups is 2. The maximum atomic E-state index is 12.4. The lowest BCUT2D eigenvalue weighted by atomic mass is 10.2. The number of ether oxygens (including phenoxy) is 2. The molecule has 0 aliphatic carbocycles. The fraction of sp³-hybridized carbons (Fsp3) is 0.353.